The molecule has 0 aromatic heterocycles. The zero-order chi connectivity index (χ0) is 9.14. The van der Waals surface area contributed by atoms with E-state index in [9.17, 15) is 0 Å². The van der Waals surface area contributed by atoms with E-state index in [1.54, 1.807) is 0 Å². The number of benzene rings is 1. The molecular formula is C9H9I3. The van der Waals surface area contributed by atoms with Crippen molar-refractivity contribution in [2.75, 3.05) is 4.43 Å². The Kier molecular flexibility index (Phi) is 5.10. The van der Waals surface area contributed by atoms with Crippen molar-refractivity contribution in [2.24, 2.45) is 0 Å². The summed E-state index contributed by atoms with van der Waals surface area (Å²) in [6, 6.07) is 4.58. The minimum Gasteiger partial charge on any atom is -0.0860 e. The van der Waals surface area contributed by atoms with E-state index in [0.717, 1.165) is 0 Å². The molecule has 0 amide bonds. The van der Waals surface area contributed by atoms with Crippen LogP contribution in [0.2, 0.25) is 0 Å². The highest BCUT2D eigenvalue weighted by atomic mass is 127. The highest BCUT2D eigenvalue weighted by Crippen LogP contribution is 2.20. The molecule has 1 rings (SSSR count). The Morgan fingerprint density at radius 1 is 1.17 bits per heavy atom. The van der Waals surface area contributed by atoms with E-state index in [-0.39, 0.29) is 0 Å². The predicted octanol–water partition coefficient (Wildman–Crippen LogP) is 4.18. The van der Waals surface area contributed by atoms with Crippen LogP contribution in [-0.4, -0.2) is 4.43 Å². The van der Waals surface area contributed by atoms with Crippen LogP contribution in [-0.2, 0) is 6.42 Å². The van der Waals surface area contributed by atoms with Gasteiger partial charge in [-0.1, -0.05) is 22.6 Å². The lowest BCUT2D eigenvalue weighted by atomic mass is 10.1. The van der Waals surface area contributed by atoms with Crippen LogP contribution in [0.1, 0.15) is 11.1 Å². The molecule has 0 spiro atoms. The van der Waals surface area contributed by atoms with Crippen molar-refractivity contribution in [3.05, 3.63) is 30.4 Å². The summed E-state index contributed by atoms with van der Waals surface area (Å²) >= 11 is 7.23. The SMILES string of the molecule is Cc1c(I)cc(CCI)cc1I. The minimum atomic E-state index is 1.19. The minimum absolute atomic E-state index is 1.19. The molecule has 0 saturated heterocycles. The van der Waals surface area contributed by atoms with Crippen molar-refractivity contribution >= 4 is 67.8 Å². The van der Waals surface area contributed by atoms with Crippen molar-refractivity contribution in [1.29, 1.82) is 0 Å². The van der Waals surface area contributed by atoms with Crippen LogP contribution < -0.4 is 0 Å². The summed E-state index contributed by atoms with van der Waals surface area (Å²) in [6.07, 6.45) is 1.19. The Labute approximate surface area is 114 Å². The Morgan fingerprint density at radius 2 is 1.67 bits per heavy atom. The average Bonchev–Trinajstić information content (AvgIpc) is 2.01. The van der Waals surface area contributed by atoms with Crippen molar-refractivity contribution in [3.8, 4) is 0 Å². The van der Waals surface area contributed by atoms with Gasteiger partial charge in [-0.2, -0.15) is 0 Å². The molecule has 0 aliphatic heterocycles. The van der Waals surface area contributed by atoms with E-state index in [0.29, 0.717) is 0 Å². The summed E-state index contributed by atoms with van der Waals surface area (Å²) in [5, 5.41) is 0. The molecule has 0 heterocycles. The third-order valence-corrected chi connectivity index (χ3v) is 4.50. The van der Waals surface area contributed by atoms with Gasteiger partial charge in [-0.3, -0.25) is 0 Å². The van der Waals surface area contributed by atoms with Crippen LogP contribution in [0.3, 0.4) is 0 Å². The molecule has 3 heteroatoms. The molecule has 0 N–H and O–H groups in total. The summed E-state index contributed by atoms with van der Waals surface area (Å²) in [4.78, 5) is 0. The first kappa shape index (κ1) is 11.5. The third-order valence-electron chi connectivity index (χ3n) is 1.72. The zero-order valence-electron chi connectivity index (χ0n) is 6.70. The molecule has 1 aromatic rings. The van der Waals surface area contributed by atoms with Crippen LogP contribution in [0.5, 0.6) is 0 Å². The second-order valence-electron chi connectivity index (χ2n) is 2.62. The fourth-order valence-corrected chi connectivity index (χ4v) is 3.47. The summed E-state index contributed by atoms with van der Waals surface area (Å²) < 4.78 is 3.98. The largest absolute Gasteiger partial charge is 0.0860 e. The highest BCUT2D eigenvalue weighted by molar-refractivity contribution is 14.1. The molecule has 0 unspecified atom stereocenters. The molecule has 0 aliphatic carbocycles. The van der Waals surface area contributed by atoms with Crippen LogP contribution in [0, 0.1) is 14.1 Å². The molecule has 12 heavy (non-hydrogen) atoms. The molecule has 0 atom stereocenters. The first-order valence-corrected chi connectivity index (χ1v) is 7.34. The van der Waals surface area contributed by atoms with Crippen LogP contribution in [0.4, 0.5) is 0 Å². The number of rotatable bonds is 2. The molecule has 0 radical (unpaired) electrons. The number of alkyl halides is 1. The lowest BCUT2D eigenvalue weighted by molar-refractivity contribution is 1.16. The Morgan fingerprint density at radius 3 is 2.08 bits per heavy atom. The van der Waals surface area contributed by atoms with Gasteiger partial charge in [0.15, 0.2) is 0 Å². The van der Waals surface area contributed by atoms with E-state index in [2.05, 4.69) is 86.8 Å². The summed E-state index contributed by atoms with van der Waals surface area (Å²) in [5.74, 6) is 0. The van der Waals surface area contributed by atoms with E-state index in [1.807, 2.05) is 0 Å². The molecule has 66 valence electrons. The van der Waals surface area contributed by atoms with Gasteiger partial charge in [-0.05, 0) is 81.8 Å². The van der Waals surface area contributed by atoms with E-state index >= 15 is 0 Å². The molecule has 0 bridgehead atoms. The monoisotopic (exact) mass is 498 g/mol. The lowest BCUT2D eigenvalue weighted by Gasteiger charge is -2.05. The van der Waals surface area contributed by atoms with Crippen LogP contribution >= 0.6 is 67.8 Å². The molecule has 0 fully saturated rings. The first-order chi connectivity index (χ1) is 5.65. The predicted molar refractivity (Wildman–Crippen MR) is 79.2 cm³/mol. The summed E-state index contributed by atoms with van der Waals surface area (Å²) in [5.41, 5.74) is 2.87. The van der Waals surface area contributed by atoms with E-state index < -0.39 is 0 Å². The van der Waals surface area contributed by atoms with Gasteiger partial charge in [-0.25, -0.2) is 0 Å². The van der Waals surface area contributed by atoms with Crippen molar-refractivity contribution in [1.82, 2.24) is 0 Å². The average molecular weight is 498 g/mol. The quantitative estimate of drug-likeness (QED) is 0.425. The summed E-state index contributed by atoms with van der Waals surface area (Å²) in [7, 11) is 0. The number of hydrogen-bond donors (Lipinski definition) is 0. The van der Waals surface area contributed by atoms with Gasteiger partial charge >= 0.3 is 0 Å². The molecule has 1 aromatic carbocycles. The van der Waals surface area contributed by atoms with Gasteiger partial charge in [-0.15, -0.1) is 0 Å². The summed E-state index contributed by atoms with van der Waals surface area (Å²) in [6.45, 7) is 2.18. The second kappa shape index (κ2) is 5.33. The Bertz CT molecular complexity index is 258. The fourth-order valence-electron chi connectivity index (χ4n) is 0.951. The standard InChI is InChI=1S/C9H9I3/c1-6-8(11)4-7(2-3-10)5-9(6)12/h4-5H,2-3H2,1H3. The molecular weight excluding hydrogens is 489 g/mol. The maximum atomic E-state index is 2.42. The zero-order valence-corrected chi connectivity index (χ0v) is 13.2. The van der Waals surface area contributed by atoms with Crippen molar-refractivity contribution < 1.29 is 0 Å². The van der Waals surface area contributed by atoms with Gasteiger partial charge in [0.2, 0.25) is 0 Å². The van der Waals surface area contributed by atoms with E-state index in [1.165, 1.54) is 29.1 Å². The maximum absolute atomic E-state index is 2.42. The molecule has 0 nitrogen and oxygen atoms in total. The third kappa shape index (κ3) is 2.97. The van der Waals surface area contributed by atoms with Crippen molar-refractivity contribution in [2.45, 2.75) is 13.3 Å². The second-order valence-corrected chi connectivity index (χ2v) is 6.03. The number of halogens is 3. The van der Waals surface area contributed by atoms with Crippen molar-refractivity contribution in [3.63, 3.8) is 0 Å². The normalized spacial score (nSPS) is 10.3. The Hall–Kier alpha value is 1.41. The van der Waals surface area contributed by atoms with E-state index in [4.69, 9.17) is 0 Å². The first-order valence-electron chi connectivity index (χ1n) is 3.65. The lowest BCUT2D eigenvalue weighted by Crippen LogP contribution is -1.92. The van der Waals surface area contributed by atoms with Gasteiger partial charge in [0, 0.05) is 11.6 Å². The molecule has 0 aliphatic rings. The van der Waals surface area contributed by atoms with Gasteiger partial charge < -0.3 is 0 Å². The molecule has 0 saturated carbocycles. The van der Waals surface area contributed by atoms with Crippen LogP contribution in [0.25, 0.3) is 0 Å². The maximum Gasteiger partial charge on any atom is 0.0172 e. The van der Waals surface area contributed by atoms with Gasteiger partial charge in [0.1, 0.15) is 0 Å². The highest BCUT2D eigenvalue weighted by Gasteiger charge is 2.01. The Balaban J connectivity index is 3.04. The number of hydrogen-bond acceptors (Lipinski definition) is 0. The van der Waals surface area contributed by atoms with Gasteiger partial charge in [0.05, 0.1) is 0 Å². The van der Waals surface area contributed by atoms with Gasteiger partial charge in [0.25, 0.3) is 0 Å². The topological polar surface area (TPSA) is 0 Å². The van der Waals surface area contributed by atoms with Crippen LogP contribution in [0.15, 0.2) is 12.1 Å². The smallest absolute Gasteiger partial charge is 0.0172 e. The number of aryl methyl sites for hydroxylation is 1. The fraction of sp³-hybridized carbons (Fsp3) is 0.333.